The molecule has 2 aliphatic rings. The molecule has 3 unspecified atom stereocenters. The third-order valence-electron chi connectivity index (χ3n) is 9.86. The number of hydrogen-bond donors (Lipinski definition) is 4. The lowest BCUT2D eigenvalue weighted by molar-refractivity contribution is -0.161. The van der Waals surface area contributed by atoms with Crippen LogP contribution < -0.4 is 21.9 Å². The Balaban J connectivity index is 1.22. The second-order valence-electron chi connectivity index (χ2n) is 14.6. The van der Waals surface area contributed by atoms with E-state index in [-0.39, 0.29) is 49.8 Å². The number of thioether (sulfide) groups is 1. The zero-order valence-electron chi connectivity index (χ0n) is 31.5. The normalized spacial score (nSPS) is 20.4. The molecule has 6 atom stereocenters. The Hall–Kier alpha value is -5.42. The zero-order chi connectivity index (χ0) is 40.6. The number of carbonyl (C=O) groups is 4. The first-order valence-corrected chi connectivity index (χ1v) is 19.2. The van der Waals surface area contributed by atoms with Gasteiger partial charge in [-0.05, 0) is 56.3 Å². The molecule has 18 heteroatoms. The number of aryl methyl sites for hydroxylation is 2. The van der Waals surface area contributed by atoms with Crippen LogP contribution in [0.15, 0.2) is 75.5 Å². The molecular formula is C38H46N8O9S. The number of nitrogens with zero attached hydrogens (tertiary/aromatic N) is 5. The van der Waals surface area contributed by atoms with Crippen molar-refractivity contribution >= 4 is 35.5 Å². The van der Waals surface area contributed by atoms with Gasteiger partial charge < -0.3 is 30.1 Å². The van der Waals surface area contributed by atoms with Crippen LogP contribution in [0.2, 0.25) is 0 Å². The van der Waals surface area contributed by atoms with Gasteiger partial charge in [-0.2, -0.15) is 0 Å². The number of rotatable bonds is 15. The SMILES string of the molecule is Cc1ccccc1CNC(=O)[C@@H]1CSCN1C(=O)[C@@H](O)[C@H](Cc1ccccc1)NC(=O)CC(C)(C)C(=O)OCC1OC(n2cc(C)c(=O)[nH]c2=O)CC1N=[N+]=[N-]. The second-order valence-corrected chi connectivity index (χ2v) is 15.6. The smallest absolute Gasteiger partial charge is 0.330 e. The van der Waals surface area contributed by atoms with Crippen molar-refractivity contribution in [3.05, 3.63) is 114 Å². The Kier molecular flexibility index (Phi) is 13.8. The molecule has 2 aliphatic heterocycles. The van der Waals surface area contributed by atoms with Gasteiger partial charge in [0.25, 0.3) is 11.5 Å². The van der Waals surface area contributed by atoms with Crippen LogP contribution in [0.3, 0.4) is 0 Å². The van der Waals surface area contributed by atoms with E-state index in [9.17, 15) is 33.9 Å². The van der Waals surface area contributed by atoms with E-state index in [4.69, 9.17) is 15.0 Å². The van der Waals surface area contributed by atoms with Gasteiger partial charge in [0.2, 0.25) is 11.8 Å². The molecule has 5 rings (SSSR count). The lowest BCUT2D eigenvalue weighted by Gasteiger charge is -2.31. The maximum Gasteiger partial charge on any atom is 0.330 e. The Morgan fingerprint density at radius 2 is 1.82 bits per heavy atom. The van der Waals surface area contributed by atoms with Gasteiger partial charge in [0.1, 0.15) is 25.0 Å². The third-order valence-corrected chi connectivity index (χ3v) is 10.9. The highest BCUT2D eigenvalue weighted by molar-refractivity contribution is 7.99. The molecule has 3 amide bonds. The van der Waals surface area contributed by atoms with Crippen molar-refractivity contribution in [2.75, 3.05) is 18.2 Å². The number of amides is 3. The predicted octanol–water partition coefficient (Wildman–Crippen LogP) is 2.39. The number of esters is 1. The van der Waals surface area contributed by atoms with Crippen LogP contribution in [-0.4, -0.2) is 91.8 Å². The number of aromatic amines is 1. The molecule has 0 aliphatic carbocycles. The van der Waals surface area contributed by atoms with Crippen molar-refractivity contribution in [1.82, 2.24) is 25.1 Å². The van der Waals surface area contributed by atoms with Crippen LogP contribution in [0.25, 0.3) is 10.4 Å². The van der Waals surface area contributed by atoms with Crippen molar-refractivity contribution in [1.29, 1.82) is 0 Å². The fourth-order valence-electron chi connectivity index (χ4n) is 6.55. The van der Waals surface area contributed by atoms with Crippen molar-refractivity contribution in [2.24, 2.45) is 10.5 Å². The summed E-state index contributed by atoms with van der Waals surface area (Å²) in [6, 6.07) is 13.9. The van der Waals surface area contributed by atoms with Gasteiger partial charge in [-0.1, -0.05) is 59.7 Å². The first-order chi connectivity index (χ1) is 26.7. The summed E-state index contributed by atoms with van der Waals surface area (Å²) in [4.78, 5) is 84.6. The van der Waals surface area contributed by atoms with E-state index in [0.717, 1.165) is 16.7 Å². The number of nitrogens with one attached hydrogen (secondary N) is 3. The summed E-state index contributed by atoms with van der Waals surface area (Å²) in [5.41, 5.74) is 9.41. The van der Waals surface area contributed by atoms with Gasteiger partial charge in [0.15, 0.2) is 6.10 Å². The number of azide groups is 1. The van der Waals surface area contributed by atoms with E-state index in [1.807, 2.05) is 37.3 Å². The summed E-state index contributed by atoms with van der Waals surface area (Å²) in [5, 5.41) is 20.9. The fourth-order valence-corrected chi connectivity index (χ4v) is 7.71. The molecule has 56 heavy (non-hydrogen) atoms. The lowest BCUT2D eigenvalue weighted by Crippen LogP contribution is -2.56. The Bertz CT molecular complexity index is 2080. The van der Waals surface area contributed by atoms with Crippen molar-refractivity contribution in [3.63, 3.8) is 0 Å². The Morgan fingerprint density at radius 3 is 2.54 bits per heavy atom. The van der Waals surface area contributed by atoms with Gasteiger partial charge in [0.05, 0.1) is 23.4 Å². The molecule has 3 heterocycles. The fraction of sp³-hybridized carbons (Fsp3) is 0.474. The Morgan fingerprint density at radius 1 is 1.11 bits per heavy atom. The zero-order valence-corrected chi connectivity index (χ0v) is 32.4. The van der Waals surface area contributed by atoms with Gasteiger partial charge >= 0.3 is 11.7 Å². The summed E-state index contributed by atoms with van der Waals surface area (Å²) in [6.07, 6.45) is -2.47. The topological polar surface area (TPSA) is 238 Å². The average Bonchev–Trinajstić information content (AvgIpc) is 3.82. The van der Waals surface area contributed by atoms with Gasteiger partial charge in [0, 0.05) is 41.8 Å². The van der Waals surface area contributed by atoms with Crippen LogP contribution in [0.1, 0.15) is 55.2 Å². The van der Waals surface area contributed by atoms with Crippen LogP contribution in [-0.2, 0) is 41.6 Å². The van der Waals surface area contributed by atoms with Crippen LogP contribution in [0, 0.1) is 19.3 Å². The maximum atomic E-state index is 13.8. The van der Waals surface area contributed by atoms with Crippen LogP contribution in [0.4, 0.5) is 0 Å². The predicted molar refractivity (Wildman–Crippen MR) is 206 cm³/mol. The molecule has 298 valence electrons. The summed E-state index contributed by atoms with van der Waals surface area (Å²) in [7, 11) is 0. The number of H-pyrrole nitrogens is 1. The molecule has 3 aromatic rings. The number of aliphatic hydroxyl groups excluding tert-OH is 1. The van der Waals surface area contributed by atoms with E-state index < -0.39 is 71.0 Å². The largest absolute Gasteiger partial charge is 0.462 e. The minimum atomic E-state index is -1.72. The first kappa shape index (κ1) is 41.7. The number of benzene rings is 2. The molecule has 2 aromatic carbocycles. The van der Waals surface area contributed by atoms with Gasteiger partial charge in [-0.15, -0.1) is 11.8 Å². The lowest BCUT2D eigenvalue weighted by atomic mass is 9.88. The number of aromatic nitrogens is 2. The van der Waals surface area contributed by atoms with E-state index in [1.165, 1.54) is 48.2 Å². The summed E-state index contributed by atoms with van der Waals surface area (Å²) in [5.74, 6) is -1.97. The number of carbonyl (C=O) groups excluding carboxylic acids is 4. The highest BCUT2D eigenvalue weighted by Gasteiger charge is 2.42. The molecule has 0 radical (unpaired) electrons. The Labute approximate surface area is 326 Å². The standard InChI is InChI=1S/C38H46N8O9S/c1-22-10-8-9-13-25(22)17-40-34(50)28-20-56-21-46(28)35(51)32(48)27(14-24-11-6-5-7-12-24)41-30(47)16-38(3,4)36(52)54-19-29-26(43-44-39)15-31(55-29)45-18-23(2)33(49)42-37(45)53/h5-13,18,26-29,31-32,48H,14-17,19-21H2,1-4H3,(H,40,50)(H,41,47)(H,42,49,53)/t26?,27-,28-,29?,31?,32-/m0/s1. The minimum absolute atomic E-state index is 0.0717. The molecule has 17 nitrogen and oxygen atoms in total. The van der Waals surface area contributed by atoms with Crippen LogP contribution in [0.5, 0.6) is 0 Å². The molecule has 0 spiro atoms. The number of hydrogen-bond acceptors (Lipinski definition) is 11. The molecule has 2 fully saturated rings. The van der Waals surface area contributed by atoms with E-state index in [2.05, 4.69) is 25.6 Å². The molecular weight excluding hydrogens is 745 g/mol. The third kappa shape index (κ3) is 10.3. The second kappa shape index (κ2) is 18.5. The number of ether oxygens (including phenoxy) is 2. The first-order valence-electron chi connectivity index (χ1n) is 18.1. The highest BCUT2D eigenvalue weighted by atomic mass is 32.2. The van der Waals surface area contributed by atoms with E-state index >= 15 is 0 Å². The van der Waals surface area contributed by atoms with Crippen molar-refractivity contribution < 1.29 is 33.8 Å². The molecule has 2 saturated heterocycles. The minimum Gasteiger partial charge on any atom is -0.462 e. The number of aliphatic hydroxyl groups is 1. The van der Waals surface area contributed by atoms with E-state index in [1.54, 1.807) is 24.3 Å². The summed E-state index contributed by atoms with van der Waals surface area (Å²) in [6.45, 7) is 6.37. The quantitative estimate of drug-likeness (QED) is 0.0759. The van der Waals surface area contributed by atoms with E-state index in [0.29, 0.717) is 5.75 Å². The van der Waals surface area contributed by atoms with Crippen molar-refractivity contribution in [2.45, 2.75) is 90.1 Å². The van der Waals surface area contributed by atoms with Gasteiger partial charge in [-0.25, -0.2) is 4.79 Å². The highest BCUT2D eigenvalue weighted by Crippen LogP contribution is 2.31. The maximum absolute atomic E-state index is 13.8. The molecule has 4 N–H and O–H groups in total. The molecule has 0 bridgehead atoms. The summed E-state index contributed by atoms with van der Waals surface area (Å²) >= 11 is 1.38. The molecule has 1 aromatic heterocycles. The van der Waals surface area contributed by atoms with Crippen molar-refractivity contribution in [3.8, 4) is 0 Å². The molecule has 0 saturated carbocycles. The average molecular weight is 791 g/mol. The van der Waals surface area contributed by atoms with Crippen LogP contribution >= 0.6 is 11.8 Å². The monoisotopic (exact) mass is 790 g/mol. The summed E-state index contributed by atoms with van der Waals surface area (Å²) < 4.78 is 12.6. The van der Waals surface area contributed by atoms with Gasteiger partial charge in [-0.3, -0.25) is 33.5 Å².